The van der Waals surface area contributed by atoms with Crippen LogP contribution in [0.5, 0.6) is 0 Å². The lowest BCUT2D eigenvalue weighted by Crippen LogP contribution is -2.51. The summed E-state index contributed by atoms with van der Waals surface area (Å²) in [5.74, 6) is 1.65. The molecule has 22 heavy (non-hydrogen) atoms. The Hall–Kier alpha value is -0.980. The molecule has 6 heteroatoms. The highest BCUT2D eigenvalue weighted by molar-refractivity contribution is 4.94. The van der Waals surface area contributed by atoms with Gasteiger partial charge >= 0.3 is 0 Å². The average molecular weight is 308 g/mol. The fraction of sp³-hybridized carbons (Fsp3) is 0.875. The van der Waals surface area contributed by atoms with Gasteiger partial charge in [0.05, 0.1) is 25.9 Å². The summed E-state index contributed by atoms with van der Waals surface area (Å²) in [5.41, 5.74) is 0. The maximum absolute atomic E-state index is 5.77. The monoisotopic (exact) mass is 308 g/mol. The number of nitrogens with zero attached hydrogens (tertiary/aromatic N) is 4. The SMILES string of the molecule is CCCn1ncnc1CN1CCOC[C@@H]1[C@H]1CCC[C@@H]1OC. The maximum atomic E-state index is 5.77. The van der Waals surface area contributed by atoms with Crippen molar-refractivity contribution >= 4 is 0 Å². The molecule has 0 bridgehead atoms. The second kappa shape index (κ2) is 7.53. The molecule has 2 fully saturated rings. The quantitative estimate of drug-likeness (QED) is 0.801. The molecule has 6 nitrogen and oxygen atoms in total. The maximum Gasteiger partial charge on any atom is 0.141 e. The molecule has 1 aromatic rings. The number of ether oxygens (including phenoxy) is 2. The second-order valence-electron chi connectivity index (χ2n) is 6.38. The van der Waals surface area contributed by atoms with Gasteiger partial charge in [-0.25, -0.2) is 9.67 Å². The molecule has 1 aliphatic heterocycles. The minimum atomic E-state index is 0.378. The molecule has 1 saturated heterocycles. The zero-order valence-corrected chi connectivity index (χ0v) is 13.8. The lowest BCUT2D eigenvalue weighted by Gasteiger charge is -2.40. The van der Waals surface area contributed by atoms with Gasteiger partial charge in [0.25, 0.3) is 0 Å². The Morgan fingerprint density at radius 3 is 3.14 bits per heavy atom. The Kier molecular flexibility index (Phi) is 5.44. The van der Waals surface area contributed by atoms with E-state index in [0.29, 0.717) is 18.1 Å². The molecule has 0 amide bonds. The smallest absolute Gasteiger partial charge is 0.141 e. The first-order chi connectivity index (χ1) is 10.8. The van der Waals surface area contributed by atoms with Crippen molar-refractivity contribution in [1.82, 2.24) is 19.7 Å². The van der Waals surface area contributed by atoms with E-state index in [1.165, 1.54) is 19.3 Å². The van der Waals surface area contributed by atoms with E-state index in [-0.39, 0.29) is 0 Å². The highest BCUT2D eigenvalue weighted by atomic mass is 16.5. The number of aryl methyl sites for hydroxylation is 1. The summed E-state index contributed by atoms with van der Waals surface area (Å²) >= 11 is 0. The fourth-order valence-electron chi connectivity index (χ4n) is 3.93. The standard InChI is InChI=1S/C16H28N4O2/c1-3-7-20-16(17-12-18-20)10-19-8-9-22-11-14(19)13-5-4-6-15(13)21-2/h12-15H,3-11H2,1-2H3/t13-,14-,15+/m1/s1. The lowest BCUT2D eigenvalue weighted by atomic mass is 9.94. The molecule has 2 heterocycles. The van der Waals surface area contributed by atoms with Crippen LogP contribution in [0.25, 0.3) is 0 Å². The Morgan fingerprint density at radius 1 is 1.41 bits per heavy atom. The first-order valence-corrected chi connectivity index (χ1v) is 8.54. The van der Waals surface area contributed by atoms with Crippen molar-refractivity contribution in [2.24, 2.45) is 5.92 Å². The molecular weight excluding hydrogens is 280 g/mol. The van der Waals surface area contributed by atoms with E-state index in [4.69, 9.17) is 9.47 Å². The largest absolute Gasteiger partial charge is 0.381 e. The van der Waals surface area contributed by atoms with Crippen LogP contribution in [0.3, 0.4) is 0 Å². The van der Waals surface area contributed by atoms with Crippen LogP contribution in [0, 0.1) is 5.92 Å². The van der Waals surface area contributed by atoms with Crippen molar-refractivity contribution in [3.8, 4) is 0 Å². The summed E-state index contributed by atoms with van der Waals surface area (Å²) in [5, 5.41) is 4.35. The van der Waals surface area contributed by atoms with Crippen LogP contribution in [0.4, 0.5) is 0 Å². The molecule has 1 aromatic heterocycles. The van der Waals surface area contributed by atoms with Crippen LogP contribution in [-0.2, 0) is 22.6 Å². The van der Waals surface area contributed by atoms with E-state index >= 15 is 0 Å². The average Bonchev–Trinajstić information content (AvgIpc) is 3.18. The minimum absolute atomic E-state index is 0.378. The first-order valence-electron chi connectivity index (χ1n) is 8.54. The molecular formula is C16H28N4O2. The van der Waals surface area contributed by atoms with Crippen LogP contribution in [-0.4, -0.2) is 58.7 Å². The molecule has 0 radical (unpaired) electrons. The summed E-state index contributed by atoms with van der Waals surface area (Å²) < 4.78 is 13.5. The van der Waals surface area contributed by atoms with Gasteiger partial charge in [-0.2, -0.15) is 5.10 Å². The molecule has 3 atom stereocenters. The molecule has 1 saturated carbocycles. The molecule has 1 aliphatic carbocycles. The van der Waals surface area contributed by atoms with Gasteiger partial charge in [-0.05, 0) is 19.3 Å². The molecule has 0 N–H and O–H groups in total. The zero-order chi connectivity index (χ0) is 15.4. The zero-order valence-electron chi connectivity index (χ0n) is 13.8. The van der Waals surface area contributed by atoms with Crippen molar-refractivity contribution in [3.63, 3.8) is 0 Å². The van der Waals surface area contributed by atoms with E-state index in [9.17, 15) is 0 Å². The van der Waals surface area contributed by atoms with Gasteiger partial charge in [0.2, 0.25) is 0 Å². The Labute approximate surface area is 132 Å². The van der Waals surface area contributed by atoms with Gasteiger partial charge < -0.3 is 9.47 Å². The summed E-state index contributed by atoms with van der Waals surface area (Å²) in [7, 11) is 1.84. The number of aromatic nitrogens is 3. The second-order valence-corrected chi connectivity index (χ2v) is 6.38. The predicted octanol–water partition coefficient (Wildman–Crippen LogP) is 1.70. The third kappa shape index (κ3) is 3.34. The van der Waals surface area contributed by atoms with E-state index in [2.05, 4.69) is 21.9 Å². The van der Waals surface area contributed by atoms with Gasteiger partial charge in [0.15, 0.2) is 0 Å². The molecule has 3 rings (SSSR count). The summed E-state index contributed by atoms with van der Waals surface area (Å²) in [6.45, 7) is 6.56. The topological polar surface area (TPSA) is 52.4 Å². The summed E-state index contributed by atoms with van der Waals surface area (Å²) in [6, 6.07) is 0.438. The van der Waals surface area contributed by atoms with Crippen molar-refractivity contribution in [2.45, 2.75) is 57.8 Å². The number of morpholine rings is 1. The van der Waals surface area contributed by atoms with Crippen molar-refractivity contribution < 1.29 is 9.47 Å². The first kappa shape index (κ1) is 15.9. The fourth-order valence-corrected chi connectivity index (χ4v) is 3.93. The summed E-state index contributed by atoms with van der Waals surface area (Å²) in [4.78, 5) is 7.00. The van der Waals surface area contributed by atoms with Gasteiger partial charge in [0, 0.05) is 32.2 Å². The molecule has 0 spiro atoms. The van der Waals surface area contributed by atoms with Gasteiger partial charge in [0.1, 0.15) is 12.2 Å². The Bertz CT molecular complexity index is 465. The number of hydrogen-bond donors (Lipinski definition) is 0. The minimum Gasteiger partial charge on any atom is -0.381 e. The van der Waals surface area contributed by atoms with Gasteiger partial charge in [-0.1, -0.05) is 13.3 Å². The van der Waals surface area contributed by atoms with Crippen LogP contribution in [0.2, 0.25) is 0 Å². The molecule has 124 valence electrons. The third-order valence-corrected chi connectivity index (χ3v) is 5.06. The van der Waals surface area contributed by atoms with Crippen molar-refractivity contribution in [3.05, 3.63) is 12.2 Å². The van der Waals surface area contributed by atoms with Crippen LogP contribution in [0.15, 0.2) is 6.33 Å². The van der Waals surface area contributed by atoms with E-state index in [1.54, 1.807) is 6.33 Å². The normalized spacial score (nSPS) is 30.0. The lowest BCUT2D eigenvalue weighted by molar-refractivity contribution is -0.0620. The van der Waals surface area contributed by atoms with E-state index in [1.807, 2.05) is 11.8 Å². The van der Waals surface area contributed by atoms with Crippen molar-refractivity contribution in [1.29, 1.82) is 0 Å². The van der Waals surface area contributed by atoms with Gasteiger partial charge in [-0.3, -0.25) is 4.90 Å². The number of hydrogen-bond acceptors (Lipinski definition) is 5. The van der Waals surface area contributed by atoms with Crippen molar-refractivity contribution in [2.75, 3.05) is 26.9 Å². The van der Waals surface area contributed by atoms with E-state index < -0.39 is 0 Å². The third-order valence-electron chi connectivity index (χ3n) is 5.06. The number of methoxy groups -OCH3 is 1. The Morgan fingerprint density at radius 2 is 2.32 bits per heavy atom. The van der Waals surface area contributed by atoms with Crippen LogP contribution < -0.4 is 0 Å². The highest BCUT2D eigenvalue weighted by Crippen LogP contribution is 2.34. The van der Waals surface area contributed by atoms with Gasteiger partial charge in [-0.15, -0.1) is 0 Å². The molecule has 0 unspecified atom stereocenters. The van der Waals surface area contributed by atoms with Crippen LogP contribution in [0.1, 0.15) is 38.4 Å². The highest BCUT2D eigenvalue weighted by Gasteiger charge is 2.38. The van der Waals surface area contributed by atoms with E-state index in [0.717, 1.165) is 45.1 Å². The molecule has 2 aliphatic rings. The Balaban J connectivity index is 1.71. The summed E-state index contributed by atoms with van der Waals surface area (Å²) in [6.07, 6.45) is 6.81. The number of rotatable bonds is 6. The molecule has 0 aromatic carbocycles. The predicted molar refractivity (Wildman–Crippen MR) is 83.5 cm³/mol. The van der Waals surface area contributed by atoms with Crippen LogP contribution >= 0.6 is 0 Å².